The van der Waals surface area contributed by atoms with Gasteiger partial charge in [0.2, 0.25) is 0 Å². The zero-order chi connectivity index (χ0) is 19.9. The fourth-order valence-electron chi connectivity index (χ4n) is 5.03. The molecule has 0 saturated heterocycles. The Bertz CT molecular complexity index is 800. The van der Waals surface area contributed by atoms with Crippen molar-refractivity contribution < 1.29 is 24.0 Å². The minimum atomic E-state index is -1.67. The Morgan fingerprint density at radius 3 is 1.43 bits per heavy atom. The maximum absolute atomic E-state index is 2.42. The molecule has 3 aromatic carbocycles. The lowest BCUT2D eigenvalue weighted by Gasteiger charge is -2.34. The summed E-state index contributed by atoms with van der Waals surface area (Å²) < 4.78 is 0. The molecule has 0 radical (unpaired) electrons. The van der Waals surface area contributed by atoms with E-state index in [1.54, 1.807) is 0 Å². The Balaban J connectivity index is 0.00000256. The molecule has 2 heteroatoms. The molecule has 0 bridgehead atoms. The van der Waals surface area contributed by atoms with Crippen LogP contribution in [0.4, 0.5) is 0 Å². The normalized spacial score (nSPS) is 19.4. The Kier molecular flexibility index (Phi) is 8.72. The van der Waals surface area contributed by atoms with Gasteiger partial charge in [-0.25, -0.2) is 0 Å². The van der Waals surface area contributed by atoms with Crippen LogP contribution in [0.15, 0.2) is 103 Å². The van der Waals surface area contributed by atoms with Crippen LogP contribution in [0.25, 0.3) is 0 Å². The van der Waals surface area contributed by atoms with Crippen LogP contribution < -0.4 is 39.9 Å². The Morgan fingerprint density at radius 1 is 0.667 bits per heavy atom. The molecule has 0 aliphatic heterocycles. The third kappa shape index (κ3) is 5.06. The van der Waals surface area contributed by atoms with Gasteiger partial charge in [-0.3, -0.25) is 0 Å². The van der Waals surface area contributed by atoms with Crippen LogP contribution in [0.3, 0.4) is 0 Å². The van der Waals surface area contributed by atoms with Crippen molar-refractivity contribution in [1.29, 1.82) is 0 Å². The molecule has 1 aliphatic carbocycles. The van der Waals surface area contributed by atoms with E-state index >= 15 is 0 Å². The molecule has 0 atom stereocenters. The first kappa shape index (κ1) is 23.2. The topological polar surface area (TPSA) is 0 Å². The summed E-state index contributed by atoms with van der Waals surface area (Å²) >= 11 is 0. The number of allylic oxidation sites excluding steroid dienone is 2. The third-order valence-electron chi connectivity index (χ3n) is 6.48. The molecule has 1 saturated carbocycles. The van der Waals surface area contributed by atoms with E-state index in [1.165, 1.54) is 47.8 Å². The van der Waals surface area contributed by atoms with E-state index in [2.05, 4.69) is 110 Å². The van der Waals surface area contributed by atoms with Crippen molar-refractivity contribution in [3.8, 4) is 0 Å². The minimum Gasteiger partial charge on any atom is -1.00 e. The molecule has 0 amide bonds. The van der Waals surface area contributed by atoms with Crippen molar-refractivity contribution in [3.05, 3.63) is 103 Å². The predicted molar refractivity (Wildman–Crippen MR) is 130 cm³/mol. The second kappa shape index (κ2) is 11.3. The number of hydrogen-bond donors (Lipinski definition) is 0. The summed E-state index contributed by atoms with van der Waals surface area (Å²) in [6, 6.07) is 34.0. The zero-order valence-corrected chi connectivity index (χ0v) is 20.9. The molecule has 156 valence electrons. The smallest absolute Gasteiger partial charge is 0.112 e. The summed E-state index contributed by atoms with van der Waals surface area (Å²) in [4.78, 5) is 0. The van der Waals surface area contributed by atoms with E-state index in [1.807, 2.05) is 0 Å². The van der Waals surface area contributed by atoms with Crippen molar-refractivity contribution in [2.24, 2.45) is 11.8 Å². The second-order valence-electron chi connectivity index (χ2n) is 8.31. The molecule has 1 fully saturated rings. The van der Waals surface area contributed by atoms with Gasteiger partial charge in [-0.15, -0.1) is 0 Å². The molecular weight excluding hydrogens is 494 g/mol. The van der Waals surface area contributed by atoms with Crippen LogP contribution in [-0.2, 0) is 0 Å². The van der Waals surface area contributed by atoms with Gasteiger partial charge < -0.3 is 24.0 Å². The van der Waals surface area contributed by atoms with E-state index in [0.717, 1.165) is 11.8 Å². The summed E-state index contributed by atoms with van der Waals surface area (Å²) in [5.74, 6) is 1.58. The van der Waals surface area contributed by atoms with Gasteiger partial charge in [0.15, 0.2) is 0 Å². The largest absolute Gasteiger partial charge is 1.00 e. The highest BCUT2D eigenvalue weighted by atomic mass is 127. The summed E-state index contributed by atoms with van der Waals surface area (Å²) in [6.45, 7) is 2.16. The first-order chi connectivity index (χ1) is 14.3. The predicted octanol–water partition coefficient (Wildman–Crippen LogP) is 3.37. The molecule has 30 heavy (non-hydrogen) atoms. The lowest BCUT2D eigenvalue weighted by atomic mass is 9.83. The molecular formula is C28H32IP. The molecule has 1 aliphatic rings. The summed E-state index contributed by atoms with van der Waals surface area (Å²) in [5, 5.41) is 4.56. The summed E-state index contributed by atoms with van der Waals surface area (Å²) in [7, 11) is -1.67. The standard InChI is InChI=1S/C28H32P.HI/c1-2-12-24-19-21-25(22-20-24)23-29(26-13-6-3-7-14-26,27-15-8-4-9-16-27)28-17-10-5-11-18-28;/h2-18,24-25H,19-23H2,1H3;1H/q+1;/p-1. The lowest BCUT2D eigenvalue weighted by Crippen LogP contribution is -3.00. The van der Waals surface area contributed by atoms with Crippen LogP contribution in [0.2, 0.25) is 0 Å². The Hall–Kier alpha value is -1.44. The van der Waals surface area contributed by atoms with Gasteiger partial charge in [-0.1, -0.05) is 66.7 Å². The SMILES string of the molecule is CC=CC1CCC(C[P+](c2ccccc2)(c2ccccc2)c2ccccc2)CC1.[I-]. The Labute approximate surface area is 200 Å². The number of hydrogen-bond acceptors (Lipinski definition) is 0. The molecule has 0 spiro atoms. The fraction of sp³-hybridized carbons (Fsp3) is 0.286. The van der Waals surface area contributed by atoms with Gasteiger partial charge in [0.1, 0.15) is 23.2 Å². The van der Waals surface area contributed by atoms with E-state index in [4.69, 9.17) is 0 Å². The number of halogens is 1. The van der Waals surface area contributed by atoms with E-state index < -0.39 is 7.26 Å². The van der Waals surface area contributed by atoms with Crippen molar-refractivity contribution in [3.63, 3.8) is 0 Å². The highest BCUT2D eigenvalue weighted by molar-refractivity contribution is 7.95. The molecule has 0 aromatic heterocycles. The van der Waals surface area contributed by atoms with Crippen LogP contribution in [0.1, 0.15) is 32.6 Å². The molecule has 4 rings (SSSR count). The monoisotopic (exact) mass is 526 g/mol. The van der Waals surface area contributed by atoms with Gasteiger partial charge in [0.05, 0.1) is 6.16 Å². The van der Waals surface area contributed by atoms with Gasteiger partial charge in [-0.05, 0) is 80.8 Å². The van der Waals surface area contributed by atoms with Crippen LogP contribution in [-0.4, -0.2) is 6.16 Å². The van der Waals surface area contributed by atoms with Gasteiger partial charge in [0, 0.05) is 0 Å². The quantitative estimate of drug-likeness (QED) is 0.263. The fourth-order valence-corrected chi connectivity index (χ4v) is 9.74. The molecule has 0 N–H and O–H groups in total. The zero-order valence-electron chi connectivity index (χ0n) is 17.8. The van der Waals surface area contributed by atoms with Gasteiger partial charge in [0.25, 0.3) is 0 Å². The number of rotatable bonds is 6. The molecule has 3 aromatic rings. The molecule has 0 nitrogen and oxygen atoms in total. The third-order valence-corrected chi connectivity index (χ3v) is 11.1. The van der Waals surface area contributed by atoms with Crippen LogP contribution >= 0.6 is 7.26 Å². The van der Waals surface area contributed by atoms with Crippen molar-refractivity contribution in [2.75, 3.05) is 6.16 Å². The molecule has 0 unspecified atom stereocenters. The number of benzene rings is 3. The Morgan fingerprint density at radius 2 is 1.07 bits per heavy atom. The first-order valence-corrected chi connectivity index (χ1v) is 13.0. The summed E-state index contributed by atoms with van der Waals surface area (Å²) in [5.41, 5.74) is 0. The average molecular weight is 526 g/mol. The maximum Gasteiger partial charge on any atom is 0.112 e. The lowest BCUT2D eigenvalue weighted by molar-refractivity contribution is -0.00000579. The van der Waals surface area contributed by atoms with Crippen molar-refractivity contribution in [2.45, 2.75) is 32.6 Å². The summed E-state index contributed by atoms with van der Waals surface area (Å²) in [6.07, 6.45) is 11.3. The van der Waals surface area contributed by atoms with Crippen LogP contribution in [0, 0.1) is 11.8 Å². The van der Waals surface area contributed by atoms with Crippen LogP contribution in [0.5, 0.6) is 0 Å². The average Bonchev–Trinajstić information content (AvgIpc) is 2.80. The maximum atomic E-state index is 2.42. The first-order valence-electron chi connectivity index (χ1n) is 11.0. The van der Waals surface area contributed by atoms with E-state index in [0.29, 0.717) is 0 Å². The van der Waals surface area contributed by atoms with E-state index in [9.17, 15) is 0 Å². The van der Waals surface area contributed by atoms with E-state index in [-0.39, 0.29) is 24.0 Å². The molecule has 0 heterocycles. The van der Waals surface area contributed by atoms with Crippen molar-refractivity contribution in [1.82, 2.24) is 0 Å². The van der Waals surface area contributed by atoms with Gasteiger partial charge in [-0.2, -0.15) is 0 Å². The highest BCUT2D eigenvalue weighted by Crippen LogP contribution is 2.58. The second-order valence-corrected chi connectivity index (χ2v) is 11.8. The highest BCUT2D eigenvalue weighted by Gasteiger charge is 2.47. The minimum absolute atomic E-state index is 0. The van der Waals surface area contributed by atoms with Crippen molar-refractivity contribution >= 4 is 23.2 Å². The van der Waals surface area contributed by atoms with Gasteiger partial charge >= 0.3 is 0 Å².